The number of hydrogen-bond acceptors (Lipinski definition) is 4. The zero-order chi connectivity index (χ0) is 19.6. The number of rotatable bonds is 4. The number of ether oxygens (including phenoxy) is 2. The van der Waals surface area contributed by atoms with Crippen LogP contribution in [0.4, 0.5) is 24.5 Å². The van der Waals surface area contributed by atoms with Crippen molar-refractivity contribution in [3.63, 3.8) is 0 Å². The van der Waals surface area contributed by atoms with Crippen molar-refractivity contribution in [2.45, 2.75) is 19.1 Å². The second kappa shape index (κ2) is 7.56. The molecule has 0 fully saturated rings. The Bertz CT molecular complexity index is 858. The summed E-state index contributed by atoms with van der Waals surface area (Å²) in [6, 6.07) is 7.44. The molecule has 2 aromatic carbocycles. The van der Waals surface area contributed by atoms with Crippen LogP contribution in [0.25, 0.3) is 0 Å². The summed E-state index contributed by atoms with van der Waals surface area (Å²) >= 11 is 5.64. The summed E-state index contributed by atoms with van der Waals surface area (Å²) in [6.07, 6.45) is -4.64. The van der Waals surface area contributed by atoms with Crippen molar-refractivity contribution >= 4 is 28.9 Å². The molecule has 3 rings (SSSR count). The van der Waals surface area contributed by atoms with E-state index in [0.717, 1.165) is 12.1 Å². The third kappa shape index (κ3) is 4.57. The molecule has 0 spiro atoms. The van der Waals surface area contributed by atoms with E-state index in [1.165, 1.54) is 13.0 Å². The summed E-state index contributed by atoms with van der Waals surface area (Å²) in [7, 11) is 0. The number of benzene rings is 2. The molecule has 5 nitrogen and oxygen atoms in total. The fraction of sp³-hybridized carbons (Fsp3) is 0.278. The Hall–Kier alpha value is -2.61. The number of carbonyl (C=O) groups is 1. The lowest BCUT2D eigenvalue weighted by molar-refractivity contribution is -0.137. The highest BCUT2D eigenvalue weighted by atomic mass is 35.5. The van der Waals surface area contributed by atoms with Crippen LogP contribution in [0.3, 0.4) is 0 Å². The average Bonchev–Trinajstić information content (AvgIpc) is 2.62. The first-order valence-electron chi connectivity index (χ1n) is 8.08. The van der Waals surface area contributed by atoms with E-state index >= 15 is 0 Å². The predicted octanol–water partition coefficient (Wildman–Crippen LogP) is 4.57. The van der Waals surface area contributed by atoms with Gasteiger partial charge in [-0.2, -0.15) is 13.2 Å². The molecule has 9 heteroatoms. The zero-order valence-corrected chi connectivity index (χ0v) is 14.9. The number of halogens is 4. The molecular weight excluding hydrogens is 385 g/mol. The van der Waals surface area contributed by atoms with E-state index in [1.54, 1.807) is 18.2 Å². The Morgan fingerprint density at radius 1 is 1.11 bits per heavy atom. The molecule has 2 N–H and O–H groups in total. The number of anilines is 2. The Labute approximate surface area is 158 Å². The number of carbonyl (C=O) groups excluding carboxylic acids is 1. The summed E-state index contributed by atoms with van der Waals surface area (Å²) in [5.41, 5.74) is -0.781. The van der Waals surface area contributed by atoms with Crippen molar-refractivity contribution in [3.8, 4) is 11.5 Å². The first-order valence-corrected chi connectivity index (χ1v) is 8.45. The number of amides is 1. The minimum absolute atomic E-state index is 0.0669. The van der Waals surface area contributed by atoms with Gasteiger partial charge >= 0.3 is 6.18 Å². The highest BCUT2D eigenvalue weighted by Crippen LogP contribution is 2.37. The number of hydrogen-bond donors (Lipinski definition) is 2. The van der Waals surface area contributed by atoms with E-state index < -0.39 is 23.7 Å². The Balaban J connectivity index is 1.72. The van der Waals surface area contributed by atoms with Gasteiger partial charge in [-0.25, -0.2) is 0 Å². The lowest BCUT2D eigenvalue weighted by Crippen LogP contribution is -2.32. The molecule has 1 amide bonds. The van der Waals surface area contributed by atoms with E-state index in [4.69, 9.17) is 21.1 Å². The maximum atomic E-state index is 13.1. The summed E-state index contributed by atoms with van der Waals surface area (Å²) in [5, 5.41) is 5.15. The monoisotopic (exact) mass is 400 g/mol. The van der Waals surface area contributed by atoms with Crippen molar-refractivity contribution in [1.29, 1.82) is 0 Å². The topological polar surface area (TPSA) is 59.6 Å². The van der Waals surface area contributed by atoms with Crippen LogP contribution in [-0.4, -0.2) is 25.2 Å². The summed E-state index contributed by atoms with van der Waals surface area (Å²) in [6.45, 7) is 2.42. The van der Waals surface area contributed by atoms with Crippen molar-refractivity contribution < 1.29 is 27.4 Å². The Morgan fingerprint density at radius 3 is 2.52 bits per heavy atom. The fourth-order valence-electron chi connectivity index (χ4n) is 2.55. The van der Waals surface area contributed by atoms with Crippen LogP contribution in [0, 0.1) is 0 Å². The Kier molecular flexibility index (Phi) is 5.36. The molecule has 0 bridgehead atoms. The largest absolute Gasteiger partial charge is 0.486 e. The van der Waals surface area contributed by atoms with Gasteiger partial charge in [0.05, 0.1) is 11.3 Å². The fourth-order valence-corrected chi connectivity index (χ4v) is 2.72. The van der Waals surface area contributed by atoms with Gasteiger partial charge < -0.3 is 20.1 Å². The number of nitrogens with one attached hydrogen (secondary N) is 2. The average molecular weight is 401 g/mol. The second-order valence-corrected chi connectivity index (χ2v) is 6.34. The molecular formula is C18H16ClF3N2O3. The van der Waals surface area contributed by atoms with E-state index in [9.17, 15) is 18.0 Å². The van der Waals surface area contributed by atoms with Crippen LogP contribution >= 0.6 is 11.6 Å². The van der Waals surface area contributed by atoms with Gasteiger partial charge in [-0.1, -0.05) is 11.6 Å². The quantitative estimate of drug-likeness (QED) is 0.789. The predicted molar refractivity (Wildman–Crippen MR) is 95.6 cm³/mol. The molecule has 144 valence electrons. The lowest BCUT2D eigenvalue weighted by Gasteiger charge is -2.21. The van der Waals surface area contributed by atoms with Crippen LogP contribution in [0.2, 0.25) is 5.02 Å². The van der Waals surface area contributed by atoms with Crippen molar-refractivity contribution in [3.05, 3.63) is 47.0 Å². The molecule has 0 saturated heterocycles. The standard InChI is InChI=1S/C18H16ClF3N2O3/c1-10(23-12-3-5-15-16(9-12)27-7-6-26-15)17(25)24-14-4-2-11(19)8-13(14)18(20,21)22/h2-5,8-10,23H,6-7H2,1H3,(H,24,25)/t10-/m0/s1. The van der Waals surface area contributed by atoms with E-state index in [-0.39, 0.29) is 10.7 Å². The van der Waals surface area contributed by atoms with Crippen LogP contribution in [0.1, 0.15) is 12.5 Å². The molecule has 1 atom stereocenters. The van der Waals surface area contributed by atoms with E-state index in [1.807, 2.05) is 0 Å². The normalized spacial score (nSPS) is 14.4. The van der Waals surface area contributed by atoms with Crippen molar-refractivity contribution in [2.24, 2.45) is 0 Å². The molecule has 2 aromatic rings. The maximum Gasteiger partial charge on any atom is 0.418 e. The zero-order valence-electron chi connectivity index (χ0n) is 14.2. The second-order valence-electron chi connectivity index (χ2n) is 5.90. The van der Waals surface area contributed by atoms with Crippen LogP contribution in [0.15, 0.2) is 36.4 Å². The van der Waals surface area contributed by atoms with Gasteiger partial charge in [-0.05, 0) is 37.3 Å². The first kappa shape index (κ1) is 19.2. The summed E-state index contributed by atoms with van der Waals surface area (Å²) in [4.78, 5) is 12.3. The van der Waals surface area contributed by atoms with Gasteiger partial charge in [0.15, 0.2) is 11.5 Å². The van der Waals surface area contributed by atoms with Crippen LogP contribution < -0.4 is 20.1 Å². The van der Waals surface area contributed by atoms with Gasteiger partial charge in [0.25, 0.3) is 0 Å². The van der Waals surface area contributed by atoms with Crippen molar-refractivity contribution in [1.82, 2.24) is 0 Å². The molecule has 1 aliphatic rings. The molecule has 0 aliphatic carbocycles. The molecule has 0 saturated carbocycles. The Morgan fingerprint density at radius 2 is 1.81 bits per heavy atom. The summed E-state index contributed by atoms with van der Waals surface area (Å²) < 4.78 is 50.3. The maximum absolute atomic E-state index is 13.1. The van der Waals surface area contributed by atoms with E-state index in [2.05, 4.69) is 10.6 Å². The molecule has 27 heavy (non-hydrogen) atoms. The first-order chi connectivity index (χ1) is 12.7. The van der Waals surface area contributed by atoms with Crippen LogP contribution in [0.5, 0.6) is 11.5 Å². The minimum atomic E-state index is -4.64. The van der Waals surface area contributed by atoms with Crippen molar-refractivity contribution in [2.75, 3.05) is 23.8 Å². The van der Waals surface area contributed by atoms with Gasteiger partial charge in [0.1, 0.15) is 19.3 Å². The SMILES string of the molecule is C[C@H](Nc1ccc2c(c1)OCCO2)C(=O)Nc1ccc(Cl)cc1C(F)(F)F. The van der Waals surface area contributed by atoms with Crippen LogP contribution in [-0.2, 0) is 11.0 Å². The van der Waals surface area contributed by atoms with Gasteiger partial charge in [0.2, 0.25) is 5.91 Å². The lowest BCUT2D eigenvalue weighted by atomic mass is 10.1. The third-order valence-electron chi connectivity index (χ3n) is 3.86. The molecule has 1 aliphatic heterocycles. The molecule has 0 radical (unpaired) electrons. The van der Waals surface area contributed by atoms with Gasteiger partial charge in [-0.3, -0.25) is 4.79 Å². The minimum Gasteiger partial charge on any atom is -0.486 e. The summed E-state index contributed by atoms with van der Waals surface area (Å²) in [5.74, 6) is 0.508. The molecule has 0 aromatic heterocycles. The molecule has 1 heterocycles. The third-order valence-corrected chi connectivity index (χ3v) is 4.10. The van der Waals surface area contributed by atoms with Gasteiger partial charge in [-0.15, -0.1) is 0 Å². The number of fused-ring (bicyclic) bond motifs is 1. The highest BCUT2D eigenvalue weighted by molar-refractivity contribution is 6.30. The van der Waals surface area contributed by atoms with Gasteiger partial charge in [0, 0.05) is 16.8 Å². The molecule has 0 unspecified atom stereocenters. The number of alkyl halides is 3. The highest BCUT2D eigenvalue weighted by Gasteiger charge is 2.34. The van der Waals surface area contributed by atoms with E-state index in [0.29, 0.717) is 30.4 Å². The smallest absolute Gasteiger partial charge is 0.418 e.